The lowest BCUT2D eigenvalue weighted by Gasteiger charge is -2.16. The zero-order valence-corrected chi connectivity index (χ0v) is 18.4. The summed E-state index contributed by atoms with van der Waals surface area (Å²) in [6.45, 7) is 4.16. The highest BCUT2D eigenvalue weighted by atomic mass is 32.2. The summed E-state index contributed by atoms with van der Waals surface area (Å²) in [7, 11) is -3.67. The van der Waals surface area contributed by atoms with Gasteiger partial charge in [-0.25, -0.2) is 13.1 Å². The van der Waals surface area contributed by atoms with Crippen molar-refractivity contribution in [2.45, 2.75) is 43.7 Å². The Hall–Kier alpha value is -2.75. The van der Waals surface area contributed by atoms with Crippen LogP contribution in [-0.2, 0) is 19.6 Å². The van der Waals surface area contributed by atoms with E-state index in [1.54, 1.807) is 18.2 Å². The van der Waals surface area contributed by atoms with Gasteiger partial charge in [0.1, 0.15) is 0 Å². The quantitative estimate of drug-likeness (QED) is 0.578. The summed E-state index contributed by atoms with van der Waals surface area (Å²) in [5.41, 5.74) is 1.83. The van der Waals surface area contributed by atoms with Crippen molar-refractivity contribution < 1.29 is 22.7 Å². The lowest BCUT2D eigenvalue weighted by molar-refractivity contribution is -0.114. The first-order valence-electron chi connectivity index (χ1n) is 10.1. The SMILES string of the molecule is CC(=O)Nc1cccc(C(C)NC(=O)c2ccc(S(=O)(=O)NCC3CCCO3)cc2)c1. The highest BCUT2D eigenvalue weighted by molar-refractivity contribution is 7.89. The molecule has 3 rings (SSSR count). The minimum absolute atomic E-state index is 0.0922. The van der Waals surface area contributed by atoms with Gasteiger partial charge in [0.2, 0.25) is 15.9 Å². The first-order valence-corrected chi connectivity index (χ1v) is 11.6. The molecule has 3 N–H and O–H groups in total. The van der Waals surface area contributed by atoms with Crippen molar-refractivity contribution in [3.8, 4) is 0 Å². The van der Waals surface area contributed by atoms with E-state index in [1.165, 1.54) is 31.2 Å². The van der Waals surface area contributed by atoms with Crippen molar-refractivity contribution in [3.63, 3.8) is 0 Å². The van der Waals surface area contributed by atoms with Gasteiger partial charge in [-0.15, -0.1) is 0 Å². The summed E-state index contributed by atoms with van der Waals surface area (Å²) < 4.78 is 32.9. The van der Waals surface area contributed by atoms with E-state index in [2.05, 4.69) is 15.4 Å². The van der Waals surface area contributed by atoms with E-state index in [9.17, 15) is 18.0 Å². The Kier molecular flexibility index (Phi) is 7.42. The molecule has 0 bridgehead atoms. The first kappa shape index (κ1) is 22.9. The highest BCUT2D eigenvalue weighted by Crippen LogP contribution is 2.19. The van der Waals surface area contributed by atoms with E-state index in [0.29, 0.717) is 17.9 Å². The summed E-state index contributed by atoms with van der Waals surface area (Å²) in [5, 5.41) is 5.59. The molecule has 1 aliphatic rings. The van der Waals surface area contributed by atoms with Crippen LogP contribution in [0.3, 0.4) is 0 Å². The van der Waals surface area contributed by atoms with Gasteiger partial charge in [-0.2, -0.15) is 0 Å². The lowest BCUT2D eigenvalue weighted by Crippen LogP contribution is -2.32. The topological polar surface area (TPSA) is 114 Å². The number of hydrogen-bond acceptors (Lipinski definition) is 5. The van der Waals surface area contributed by atoms with Gasteiger partial charge in [-0.05, 0) is 61.7 Å². The number of carbonyl (C=O) groups is 2. The lowest BCUT2D eigenvalue weighted by atomic mass is 10.1. The number of benzene rings is 2. The normalized spacial score (nSPS) is 17.2. The molecule has 166 valence electrons. The number of rotatable bonds is 8. The molecule has 2 aromatic rings. The molecule has 8 nitrogen and oxygen atoms in total. The molecule has 1 heterocycles. The van der Waals surface area contributed by atoms with Crippen LogP contribution in [0.2, 0.25) is 0 Å². The maximum atomic E-state index is 12.6. The Morgan fingerprint density at radius 1 is 1.16 bits per heavy atom. The van der Waals surface area contributed by atoms with Crippen molar-refractivity contribution in [1.82, 2.24) is 10.0 Å². The molecule has 0 saturated carbocycles. The Morgan fingerprint density at radius 3 is 2.55 bits per heavy atom. The molecular formula is C22H27N3O5S. The summed E-state index contributed by atoms with van der Waals surface area (Å²) in [5.74, 6) is -0.497. The number of sulfonamides is 1. The predicted octanol–water partition coefficient (Wildman–Crippen LogP) is 2.59. The summed E-state index contributed by atoms with van der Waals surface area (Å²) in [6, 6.07) is 12.7. The van der Waals surface area contributed by atoms with Crippen LogP contribution in [0.4, 0.5) is 5.69 Å². The van der Waals surface area contributed by atoms with Crippen LogP contribution in [0.25, 0.3) is 0 Å². The van der Waals surface area contributed by atoms with Crippen LogP contribution in [0.15, 0.2) is 53.4 Å². The minimum atomic E-state index is -3.67. The van der Waals surface area contributed by atoms with E-state index in [-0.39, 0.29) is 35.4 Å². The second-order valence-corrected chi connectivity index (χ2v) is 9.28. The largest absolute Gasteiger partial charge is 0.377 e. The molecule has 1 fully saturated rings. The van der Waals surface area contributed by atoms with E-state index in [0.717, 1.165) is 18.4 Å². The Bertz CT molecular complexity index is 1030. The van der Waals surface area contributed by atoms with Gasteiger partial charge in [0, 0.05) is 31.3 Å². The molecule has 0 spiro atoms. The molecule has 31 heavy (non-hydrogen) atoms. The first-order chi connectivity index (χ1) is 14.7. The van der Waals surface area contributed by atoms with Crippen molar-refractivity contribution in [2.24, 2.45) is 0 Å². The van der Waals surface area contributed by atoms with Crippen molar-refractivity contribution in [3.05, 3.63) is 59.7 Å². The second-order valence-electron chi connectivity index (χ2n) is 7.51. The summed E-state index contributed by atoms with van der Waals surface area (Å²) in [6.07, 6.45) is 1.69. The second kappa shape index (κ2) is 10.0. The number of nitrogens with one attached hydrogen (secondary N) is 3. The van der Waals surface area contributed by atoms with E-state index >= 15 is 0 Å². The van der Waals surface area contributed by atoms with Gasteiger partial charge in [0.15, 0.2) is 0 Å². The molecule has 0 aliphatic carbocycles. The molecule has 2 amide bonds. The standard InChI is InChI=1S/C22H27N3O5S/c1-15(18-5-3-6-19(13-18)25-16(2)26)24-22(27)17-8-10-21(11-9-17)31(28,29)23-14-20-7-4-12-30-20/h3,5-6,8-11,13,15,20,23H,4,7,12,14H2,1-2H3,(H,24,27)(H,25,26). The molecule has 9 heteroatoms. The fourth-order valence-corrected chi connectivity index (χ4v) is 4.40. The van der Waals surface area contributed by atoms with E-state index in [1.807, 2.05) is 13.0 Å². The average Bonchev–Trinajstić information content (AvgIpc) is 3.26. The molecule has 2 unspecified atom stereocenters. The molecule has 1 saturated heterocycles. The molecule has 2 aromatic carbocycles. The Balaban J connectivity index is 1.61. The van der Waals surface area contributed by atoms with Crippen LogP contribution < -0.4 is 15.4 Å². The zero-order valence-electron chi connectivity index (χ0n) is 17.6. The number of hydrogen-bond donors (Lipinski definition) is 3. The van der Waals surface area contributed by atoms with Gasteiger partial charge in [-0.3, -0.25) is 9.59 Å². The maximum absolute atomic E-state index is 12.6. The smallest absolute Gasteiger partial charge is 0.251 e. The van der Waals surface area contributed by atoms with Crippen LogP contribution in [-0.4, -0.2) is 39.5 Å². The molecule has 0 radical (unpaired) electrons. The third-order valence-corrected chi connectivity index (χ3v) is 6.45. The van der Waals surface area contributed by atoms with Gasteiger partial charge in [0.05, 0.1) is 17.0 Å². The van der Waals surface area contributed by atoms with Crippen molar-refractivity contribution in [1.29, 1.82) is 0 Å². The Labute approximate surface area is 182 Å². The van der Waals surface area contributed by atoms with Gasteiger partial charge in [-0.1, -0.05) is 12.1 Å². The maximum Gasteiger partial charge on any atom is 0.251 e. The van der Waals surface area contributed by atoms with Gasteiger partial charge in [0.25, 0.3) is 5.91 Å². The number of amides is 2. The number of ether oxygens (including phenoxy) is 1. The third-order valence-electron chi connectivity index (χ3n) is 5.01. The van der Waals surface area contributed by atoms with E-state index in [4.69, 9.17) is 4.74 Å². The van der Waals surface area contributed by atoms with Gasteiger partial charge >= 0.3 is 0 Å². The zero-order chi connectivity index (χ0) is 22.4. The van der Waals surface area contributed by atoms with Crippen LogP contribution in [0.1, 0.15) is 48.7 Å². The third kappa shape index (κ3) is 6.36. The van der Waals surface area contributed by atoms with Gasteiger partial charge < -0.3 is 15.4 Å². The van der Waals surface area contributed by atoms with E-state index < -0.39 is 10.0 Å². The van der Waals surface area contributed by atoms with Crippen LogP contribution in [0.5, 0.6) is 0 Å². The summed E-state index contributed by atoms with van der Waals surface area (Å²) >= 11 is 0. The number of carbonyl (C=O) groups excluding carboxylic acids is 2. The molecular weight excluding hydrogens is 418 g/mol. The Morgan fingerprint density at radius 2 is 1.90 bits per heavy atom. The fourth-order valence-electron chi connectivity index (χ4n) is 3.33. The molecule has 2 atom stereocenters. The van der Waals surface area contributed by atoms with Crippen LogP contribution in [0, 0.1) is 0 Å². The average molecular weight is 446 g/mol. The van der Waals surface area contributed by atoms with Crippen molar-refractivity contribution in [2.75, 3.05) is 18.5 Å². The minimum Gasteiger partial charge on any atom is -0.377 e. The molecule has 1 aliphatic heterocycles. The van der Waals surface area contributed by atoms with Crippen LogP contribution >= 0.6 is 0 Å². The number of anilines is 1. The highest BCUT2D eigenvalue weighted by Gasteiger charge is 2.21. The molecule has 0 aromatic heterocycles. The monoisotopic (exact) mass is 445 g/mol. The predicted molar refractivity (Wildman–Crippen MR) is 117 cm³/mol. The fraction of sp³-hybridized carbons (Fsp3) is 0.364. The summed E-state index contributed by atoms with van der Waals surface area (Å²) in [4.78, 5) is 23.9. The van der Waals surface area contributed by atoms with Crippen molar-refractivity contribution >= 4 is 27.5 Å².